The number of morpholine rings is 1. The number of imidazole rings is 1. The highest BCUT2D eigenvalue weighted by Gasteiger charge is 2.26. The Bertz CT molecular complexity index is 989. The number of benzene rings is 1. The van der Waals surface area contributed by atoms with Gasteiger partial charge in [0.25, 0.3) is 0 Å². The van der Waals surface area contributed by atoms with Gasteiger partial charge in [-0.3, -0.25) is 4.79 Å². The number of ether oxygens (including phenoxy) is 1. The van der Waals surface area contributed by atoms with Crippen molar-refractivity contribution in [2.75, 3.05) is 39.4 Å². The fraction of sp³-hybridized carbons (Fsp3) is 0.600. The highest BCUT2D eigenvalue weighted by molar-refractivity contribution is 7.89. The third-order valence-corrected chi connectivity index (χ3v) is 7.72. The maximum atomic E-state index is 12.9. The van der Waals surface area contributed by atoms with Crippen LogP contribution in [-0.2, 0) is 33.0 Å². The molecular weight excluding hydrogens is 392 g/mol. The van der Waals surface area contributed by atoms with Crippen molar-refractivity contribution in [1.82, 2.24) is 18.8 Å². The van der Waals surface area contributed by atoms with Crippen molar-refractivity contribution in [3.8, 4) is 0 Å². The minimum Gasteiger partial charge on any atom is -0.378 e. The van der Waals surface area contributed by atoms with E-state index in [0.29, 0.717) is 62.6 Å². The average Bonchev–Trinajstić information content (AvgIpc) is 3.08. The van der Waals surface area contributed by atoms with Gasteiger partial charge in [-0.2, -0.15) is 4.31 Å². The fourth-order valence-electron chi connectivity index (χ4n) is 4.06. The van der Waals surface area contributed by atoms with E-state index in [0.717, 1.165) is 30.6 Å². The van der Waals surface area contributed by atoms with Crippen LogP contribution in [0.15, 0.2) is 23.1 Å². The van der Waals surface area contributed by atoms with Crippen LogP contribution in [0.1, 0.15) is 31.5 Å². The molecule has 1 amide bonds. The second-order valence-electron chi connectivity index (χ2n) is 7.70. The number of aromatic nitrogens is 2. The minimum absolute atomic E-state index is 0.105. The number of carbonyl (C=O) groups excluding carboxylic acids is 1. The molecule has 2 aliphatic rings. The highest BCUT2D eigenvalue weighted by atomic mass is 32.2. The van der Waals surface area contributed by atoms with Crippen LogP contribution >= 0.6 is 0 Å². The van der Waals surface area contributed by atoms with Crippen molar-refractivity contribution >= 4 is 27.0 Å². The average molecular weight is 421 g/mol. The molecular formula is C20H28N4O4S. The number of carbonyl (C=O) groups is 1. The van der Waals surface area contributed by atoms with Crippen LogP contribution in [0, 0.1) is 0 Å². The van der Waals surface area contributed by atoms with Crippen LogP contribution in [0.5, 0.6) is 0 Å². The van der Waals surface area contributed by atoms with Gasteiger partial charge in [0, 0.05) is 46.1 Å². The van der Waals surface area contributed by atoms with Gasteiger partial charge in [0.1, 0.15) is 5.82 Å². The van der Waals surface area contributed by atoms with E-state index in [1.165, 1.54) is 0 Å². The van der Waals surface area contributed by atoms with Gasteiger partial charge in [0.2, 0.25) is 15.9 Å². The molecule has 0 aliphatic carbocycles. The van der Waals surface area contributed by atoms with E-state index in [4.69, 9.17) is 4.74 Å². The van der Waals surface area contributed by atoms with Crippen molar-refractivity contribution in [3.05, 3.63) is 24.0 Å². The number of amides is 1. The molecule has 4 rings (SSSR count). The quantitative estimate of drug-likeness (QED) is 0.733. The Balaban J connectivity index is 1.51. The molecule has 0 radical (unpaired) electrons. The second kappa shape index (κ2) is 8.41. The number of hydrogen-bond acceptors (Lipinski definition) is 5. The topological polar surface area (TPSA) is 84.7 Å². The molecule has 0 unspecified atom stereocenters. The smallest absolute Gasteiger partial charge is 0.243 e. The Morgan fingerprint density at radius 2 is 1.83 bits per heavy atom. The predicted molar refractivity (Wildman–Crippen MR) is 109 cm³/mol. The second-order valence-corrected chi connectivity index (χ2v) is 9.63. The van der Waals surface area contributed by atoms with Crippen molar-refractivity contribution in [2.45, 2.75) is 37.0 Å². The molecule has 0 bridgehead atoms. The van der Waals surface area contributed by atoms with Gasteiger partial charge in [-0.1, -0.05) is 6.42 Å². The molecule has 2 aromatic rings. The Morgan fingerprint density at radius 1 is 1.10 bits per heavy atom. The van der Waals surface area contributed by atoms with Crippen LogP contribution in [0.25, 0.3) is 11.0 Å². The van der Waals surface area contributed by atoms with Gasteiger partial charge in [-0.15, -0.1) is 0 Å². The lowest BCUT2D eigenvalue weighted by atomic mass is 10.2. The summed E-state index contributed by atoms with van der Waals surface area (Å²) < 4.78 is 34.7. The summed E-state index contributed by atoms with van der Waals surface area (Å²) in [5, 5.41) is 0. The van der Waals surface area contributed by atoms with Gasteiger partial charge >= 0.3 is 0 Å². The van der Waals surface area contributed by atoms with E-state index >= 15 is 0 Å². The Labute approximate surface area is 171 Å². The van der Waals surface area contributed by atoms with E-state index in [1.54, 1.807) is 16.4 Å². The number of fused-ring (bicyclic) bond motifs is 1. The number of hydrogen-bond donors (Lipinski definition) is 0. The summed E-state index contributed by atoms with van der Waals surface area (Å²) in [6.45, 7) is 3.62. The Morgan fingerprint density at radius 3 is 2.55 bits per heavy atom. The van der Waals surface area contributed by atoms with E-state index in [1.807, 2.05) is 22.6 Å². The van der Waals surface area contributed by atoms with Crippen LogP contribution in [0.4, 0.5) is 0 Å². The van der Waals surface area contributed by atoms with Crippen molar-refractivity contribution < 1.29 is 17.9 Å². The predicted octanol–water partition coefficient (Wildman–Crippen LogP) is 1.54. The molecule has 0 atom stereocenters. The molecule has 2 fully saturated rings. The molecule has 1 aromatic heterocycles. The first-order valence-electron chi connectivity index (χ1n) is 10.3. The molecule has 3 heterocycles. The molecule has 29 heavy (non-hydrogen) atoms. The van der Waals surface area contributed by atoms with Gasteiger partial charge in [-0.05, 0) is 31.0 Å². The number of aryl methyl sites for hydroxylation is 2. The van der Waals surface area contributed by atoms with E-state index in [9.17, 15) is 13.2 Å². The SMILES string of the molecule is Cn1c(CCC(=O)N2CCOCC2)nc2cc(S(=O)(=O)N3CCCCC3)ccc21. The summed E-state index contributed by atoms with van der Waals surface area (Å²) >= 11 is 0. The van der Waals surface area contributed by atoms with Gasteiger partial charge in [0.15, 0.2) is 0 Å². The molecule has 0 saturated carbocycles. The zero-order chi connectivity index (χ0) is 20.4. The molecule has 0 spiro atoms. The van der Waals surface area contributed by atoms with Crippen molar-refractivity contribution in [2.24, 2.45) is 7.05 Å². The minimum atomic E-state index is -3.49. The zero-order valence-corrected chi connectivity index (χ0v) is 17.7. The summed E-state index contributed by atoms with van der Waals surface area (Å²) in [6, 6.07) is 5.13. The summed E-state index contributed by atoms with van der Waals surface area (Å²) in [7, 11) is -1.58. The summed E-state index contributed by atoms with van der Waals surface area (Å²) in [5.74, 6) is 0.892. The molecule has 0 N–H and O–H groups in total. The van der Waals surface area contributed by atoms with Gasteiger partial charge in [-0.25, -0.2) is 13.4 Å². The summed E-state index contributed by atoms with van der Waals surface area (Å²) in [4.78, 5) is 19.2. The van der Waals surface area contributed by atoms with Crippen LogP contribution in [0.3, 0.4) is 0 Å². The lowest BCUT2D eigenvalue weighted by molar-refractivity contribution is -0.135. The molecule has 2 saturated heterocycles. The molecule has 1 aromatic carbocycles. The van der Waals surface area contributed by atoms with Gasteiger partial charge in [0.05, 0.1) is 29.1 Å². The zero-order valence-electron chi connectivity index (χ0n) is 16.8. The van der Waals surface area contributed by atoms with Crippen molar-refractivity contribution in [3.63, 3.8) is 0 Å². The van der Waals surface area contributed by atoms with E-state index in [2.05, 4.69) is 4.98 Å². The fourth-order valence-corrected chi connectivity index (χ4v) is 5.60. The molecule has 2 aliphatic heterocycles. The highest BCUT2D eigenvalue weighted by Crippen LogP contribution is 2.25. The Kier molecular flexibility index (Phi) is 5.89. The first kappa shape index (κ1) is 20.3. The van der Waals surface area contributed by atoms with Crippen LogP contribution in [0.2, 0.25) is 0 Å². The largest absolute Gasteiger partial charge is 0.378 e. The van der Waals surface area contributed by atoms with Gasteiger partial charge < -0.3 is 14.2 Å². The lowest BCUT2D eigenvalue weighted by Crippen LogP contribution is -2.40. The molecule has 158 valence electrons. The standard InChI is InChI=1S/C20H28N4O4S/c1-22-18-6-5-16(29(26,27)24-9-3-2-4-10-24)15-17(18)21-19(22)7-8-20(25)23-11-13-28-14-12-23/h5-6,15H,2-4,7-14H2,1H3. The first-order valence-corrected chi connectivity index (χ1v) is 11.7. The van der Waals surface area contributed by atoms with Crippen molar-refractivity contribution in [1.29, 1.82) is 0 Å². The Hall–Kier alpha value is -1.97. The number of rotatable bonds is 5. The number of sulfonamides is 1. The van der Waals surface area contributed by atoms with E-state index < -0.39 is 10.0 Å². The lowest BCUT2D eigenvalue weighted by Gasteiger charge is -2.26. The normalized spacial score (nSPS) is 19.0. The third kappa shape index (κ3) is 4.17. The maximum absolute atomic E-state index is 12.9. The number of piperidine rings is 1. The monoisotopic (exact) mass is 420 g/mol. The molecule has 8 nitrogen and oxygen atoms in total. The summed E-state index contributed by atoms with van der Waals surface area (Å²) in [6.07, 6.45) is 3.81. The third-order valence-electron chi connectivity index (χ3n) is 5.82. The van der Waals surface area contributed by atoms with Crippen LogP contribution < -0.4 is 0 Å². The number of nitrogens with zero attached hydrogens (tertiary/aromatic N) is 4. The maximum Gasteiger partial charge on any atom is 0.243 e. The first-order chi connectivity index (χ1) is 14.0. The van der Waals surface area contributed by atoms with E-state index in [-0.39, 0.29) is 5.91 Å². The summed E-state index contributed by atoms with van der Waals surface area (Å²) in [5.41, 5.74) is 1.52. The molecule has 9 heteroatoms. The van der Waals surface area contributed by atoms with Crippen LogP contribution in [-0.4, -0.2) is 72.5 Å².